The highest BCUT2D eigenvalue weighted by Crippen LogP contribution is 2.42. The molecule has 0 spiro atoms. The molecular formula is C20H17F3N2O. The first-order chi connectivity index (χ1) is 12.1. The van der Waals surface area contributed by atoms with E-state index in [0.717, 1.165) is 6.07 Å². The van der Waals surface area contributed by atoms with Crippen molar-refractivity contribution >= 4 is 16.6 Å². The first-order valence-corrected chi connectivity index (χ1v) is 8.07. The predicted molar refractivity (Wildman–Crippen MR) is 95.4 cm³/mol. The van der Waals surface area contributed by atoms with Gasteiger partial charge in [0.15, 0.2) is 5.69 Å². The van der Waals surface area contributed by atoms with E-state index in [1.54, 1.807) is 39.0 Å². The van der Waals surface area contributed by atoms with E-state index in [1.165, 1.54) is 16.7 Å². The third kappa shape index (κ3) is 2.90. The average molecular weight is 358 g/mol. The lowest BCUT2D eigenvalue weighted by atomic mass is 9.99. The van der Waals surface area contributed by atoms with Crippen LogP contribution < -0.4 is 0 Å². The smallest absolute Gasteiger partial charge is 0.431 e. The number of benzene rings is 2. The number of fused-ring (bicyclic) bond motifs is 1. The molecule has 3 nitrogen and oxygen atoms in total. The molecule has 0 aliphatic carbocycles. The molecule has 0 atom stereocenters. The topological polar surface area (TPSA) is 29.5 Å². The van der Waals surface area contributed by atoms with E-state index in [9.17, 15) is 18.3 Å². The first-order valence-electron chi connectivity index (χ1n) is 8.07. The number of phenols is 1. The minimum atomic E-state index is -4.51. The van der Waals surface area contributed by atoms with Crippen LogP contribution in [0.1, 0.15) is 31.1 Å². The number of alkyl halides is 3. The van der Waals surface area contributed by atoms with Crippen LogP contribution >= 0.6 is 0 Å². The van der Waals surface area contributed by atoms with Gasteiger partial charge < -0.3 is 9.67 Å². The van der Waals surface area contributed by atoms with Crippen molar-refractivity contribution in [3.8, 4) is 16.9 Å². The molecule has 26 heavy (non-hydrogen) atoms. The zero-order valence-corrected chi connectivity index (χ0v) is 14.5. The monoisotopic (exact) mass is 358 g/mol. The maximum atomic E-state index is 13.6. The number of hydrogen-bond acceptors (Lipinski definition) is 1. The van der Waals surface area contributed by atoms with Gasteiger partial charge in [0.25, 0.3) is 0 Å². The van der Waals surface area contributed by atoms with Crippen LogP contribution in [0.2, 0.25) is 0 Å². The van der Waals surface area contributed by atoms with Gasteiger partial charge in [-0.05, 0) is 61.7 Å². The molecule has 0 unspecified atom stereocenters. The van der Waals surface area contributed by atoms with E-state index in [-0.39, 0.29) is 11.4 Å². The van der Waals surface area contributed by atoms with Crippen LogP contribution in [0.4, 0.5) is 18.9 Å². The number of hydrogen-bond donors (Lipinski definition) is 1. The van der Waals surface area contributed by atoms with Gasteiger partial charge in [-0.15, -0.1) is 0 Å². The minimum Gasteiger partial charge on any atom is -0.508 e. The van der Waals surface area contributed by atoms with Gasteiger partial charge in [0.2, 0.25) is 0 Å². The van der Waals surface area contributed by atoms with E-state index < -0.39 is 17.9 Å². The third-order valence-corrected chi connectivity index (χ3v) is 4.40. The molecule has 0 radical (unpaired) electrons. The number of nitrogens with zero attached hydrogens (tertiary/aromatic N) is 2. The largest absolute Gasteiger partial charge is 0.508 e. The summed E-state index contributed by atoms with van der Waals surface area (Å²) in [7, 11) is 0. The minimum absolute atomic E-state index is 0.0585. The Bertz CT molecular complexity index is 1040. The fourth-order valence-electron chi connectivity index (χ4n) is 3.17. The normalized spacial score (nSPS) is 11.9. The number of aromatic hydroxyl groups is 1. The molecule has 3 aromatic rings. The highest BCUT2D eigenvalue weighted by molar-refractivity contribution is 5.99. The molecule has 0 saturated carbocycles. The molecule has 2 aromatic carbocycles. The Labute approximate surface area is 149 Å². The lowest BCUT2D eigenvalue weighted by Gasteiger charge is -2.17. The van der Waals surface area contributed by atoms with Crippen LogP contribution in [0.15, 0.2) is 36.4 Å². The molecule has 0 fully saturated rings. The second-order valence-electron chi connectivity index (χ2n) is 6.53. The Kier molecular flexibility index (Phi) is 4.19. The average Bonchev–Trinajstić information content (AvgIpc) is 2.96. The molecule has 1 heterocycles. The summed E-state index contributed by atoms with van der Waals surface area (Å²) in [5.74, 6) is 0.0585. The van der Waals surface area contributed by atoms with Crippen LogP contribution in [0.3, 0.4) is 0 Å². The fraction of sp³-hybridized carbons (Fsp3) is 0.250. The maximum Gasteiger partial charge on any atom is 0.431 e. The molecule has 0 bridgehead atoms. The van der Waals surface area contributed by atoms with Crippen LogP contribution in [-0.2, 0) is 6.18 Å². The molecule has 0 saturated heterocycles. The van der Waals surface area contributed by atoms with E-state index in [0.29, 0.717) is 27.6 Å². The van der Waals surface area contributed by atoms with Gasteiger partial charge in [0.1, 0.15) is 11.4 Å². The summed E-state index contributed by atoms with van der Waals surface area (Å²) in [6.45, 7) is 12.4. The van der Waals surface area contributed by atoms with E-state index in [1.807, 2.05) is 0 Å². The zero-order chi connectivity index (χ0) is 19.2. The van der Waals surface area contributed by atoms with Gasteiger partial charge in [0.05, 0.1) is 6.57 Å². The maximum absolute atomic E-state index is 13.6. The third-order valence-electron chi connectivity index (χ3n) is 4.40. The van der Waals surface area contributed by atoms with Gasteiger partial charge in [0, 0.05) is 16.9 Å². The Morgan fingerprint density at radius 2 is 1.81 bits per heavy atom. The Hall–Kier alpha value is -2.94. The summed E-state index contributed by atoms with van der Waals surface area (Å²) in [6.07, 6.45) is -4.51. The van der Waals surface area contributed by atoms with E-state index in [4.69, 9.17) is 6.57 Å². The molecule has 1 aromatic heterocycles. The molecule has 3 rings (SSSR count). The zero-order valence-electron chi connectivity index (χ0n) is 14.5. The Morgan fingerprint density at radius 3 is 2.35 bits per heavy atom. The molecule has 1 N–H and O–H groups in total. The lowest BCUT2D eigenvalue weighted by Crippen LogP contribution is -2.14. The summed E-state index contributed by atoms with van der Waals surface area (Å²) < 4.78 is 41.9. The van der Waals surface area contributed by atoms with E-state index >= 15 is 0 Å². The first kappa shape index (κ1) is 17.9. The number of halogens is 3. The Morgan fingerprint density at radius 1 is 1.12 bits per heavy atom. The number of aryl methyl sites for hydroxylation is 1. The van der Waals surface area contributed by atoms with Crippen molar-refractivity contribution in [1.82, 2.24) is 4.57 Å². The van der Waals surface area contributed by atoms with Crippen molar-refractivity contribution < 1.29 is 18.3 Å². The van der Waals surface area contributed by atoms with Crippen LogP contribution in [0.25, 0.3) is 26.9 Å². The van der Waals surface area contributed by atoms with Crippen LogP contribution in [0, 0.1) is 13.5 Å². The van der Waals surface area contributed by atoms with Crippen LogP contribution in [-0.4, -0.2) is 9.67 Å². The molecule has 6 heteroatoms. The van der Waals surface area contributed by atoms with Crippen molar-refractivity contribution in [2.24, 2.45) is 0 Å². The second-order valence-corrected chi connectivity index (χ2v) is 6.53. The molecule has 0 aliphatic rings. The SMILES string of the molecule is [C-]#[N+]c1cc(-c2ccc(C)c(O)c2)c2cc(C(F)(F)F)n(C(C)C)c2c1. The van der Waals surface area contributed by atoms with Gasteiger partial charge in [-0.2, -0.15) is 13.2 Å². The number of aromatic nitrogens is 1. The summed E-state index contributed by atoms with van der Waals surface area (Å²) in [5, 5.41) is 10.4. The quantitative estimate of drug-likeness (QED) is 0.523. The standard InChI is InChI=1S/C20H17F3N2O/c1-11(2)25-17-9-14(24-4)8-15(13-6-5-12(3)18(26)7-13)16(17)10-19(25)20(21,22)23/h5-11,26H,1-3H3. The van der Waals surface area contributed by atoms with Gasteiger partial charge in [-0.3, -0.25) is 0 Å². The Balaban J connectivity index is 2.43. The molecule has 0 amide bonds. The second kappa shape index (κ2) is 6.10. The summed E-state index contributed by atoms with van der Waals surface area (Å²) in [4.78, 5) is 3.41. The van der Waals surface area contributed by atoms with Crippen molar-refractivity contribution in [2.75, 3.05) is 0 Å². The summed E-state index contributed by atoms with van der Waals surface area (Å²) >= 11 is 0. The van der Waals surface area contributed by atoms with Gasteiger partial charge in [-0.25, -0.2) is 4.85 Å². The fourth-order valence-corrected chi connectivity index (χ4v) is 3.17. The lowest BCUT2D eigenvalue weighted by molar-refractivity contribution is -0.143. The van der Waals surface area contributed by atoms with Gasteiger partial charge >= 0.3 is 6.18 Å². The van der Waals surface area contributed by atoms with Gasteiger partial charge in [-0.1, -0.05) is 12.1 Å². The van der Waals surface area contributed by atoms with Crippen molar-refractivity contribution in [3.05, 3.63) is 59.1 Å². The van der Waals surface area contributed by atoms with Crippen LogP contribution in [0.5, 0.6) is 5.75 Å². The molecule has 134 valence electrons. The number of rotatable bonds is 2. The predicted octanol–water partition coefficient (Wildman–Crippen LogP) is 6.47. The van der Waals surface area contributed by atoms with Crippen molar-refractivity contribution in [3.63, 3.8) is 0 Å². The highest BCUT2D eigenvalue weighted by atomic mass is 19.4. The summed E-state index contributed by atoms with van der Waals surface area (Å²) in [6, 6.07) is 8.68. The van der Waals surface area contributed by atoms with E-state index in [2.05, 4.69) is 4.85 Å². The number of phenolic OH excluding ortho intramolecular Hbond substituents is 1. The highest BCUT2D eigenvalue weighted by Gasteiger charge is 2.36. The van der Waals surface area contributed by atoms with Crippen molar-refractivity contribution in [1.29, 1.82) is 0 Å². The summed E-state index contributed by atoms with van der Waals surface area (Å²) in [5.41, 5.74) is 1.59. The molecular weight excluding hydrogens is 341 g/mol. The molecule has 0 aliphatic heterocycles. The van der Waals surface area contributed by atoms with Crippen molar-refractivity contribution in [2.45, 2.75) is 33.0 Å².